The van der Waals surface area contributed by atoms with Crippen molar-refractivity contribution in [2.45, 2.75) is 12.5 Å². The van der Waals surface area contributed by atoms with Crippen LogP contribution in [0, 0.1) is 0 Å². The van der Waals surface area contributed by atoms with Crippen molar-refractivity contribution in [3.63, 3.8) is 0 Å². The summed E-state index contributed by atoms with van der Waals surface area (Å²) in [4.78, 5) is 22.1. The molecule has 1 aromatic rings. The SMILES string of the molecule is C=CC(=O)OCCOC1=CCC(OCCOC(=O)C=C)c2ccccc21. The molecule has 138 valence electrons. The fourth-order valence-electron chi connectivity index (χ4n) is 2.49. The average molecular weight is 358 g/mol. The van der Waals surface area contributed by atoms with Gasteiger partial charge in [0.1, 0.15) is 25.6 Å². The average Bonchev–Trinajstić information content (AvgIpc) is 2.68. The first kappa shape index (κ1) is 19.5. The lowest BCUT2D eigenvalue weighted by atomic mass is 9.93. The van der Waals surface area contributed by atoms with E-state index >= 15 is 0 Å². The normalized spacial score (nSPS) is 15.2. The summed E-state index contributed by atoms with van der Waals surface area (Å²) in [6.45, 7) is 7.55. The summed E-state index contributed by atoms with van der Waals surface area (Å²) in [6.07, 6.45) is 4.67. The molecule has 6 heteroatoms. The largest absolute Gasteiger partial charge is 0.490 e. The van der Waals surface area contributed by atoms with Crippen LogP contribution in [0.25, 0.3) is 5.76 Å². The molecule has 0 heterocycles. The van der Waals surface area contributed by atoms with Crippen LogP contribution in [-0.4, -0.2) is 38.4 Å². The number of fused-ring (bicyclic) bond motifs is 1. The summed E-state index contributed by atoms with van der Waals surface area (Å²) in [5.74, 6) is -0.212. The van der Waals surface area contributed by atoms with Gasteiger partial charge in [0.25, 0.3) is 0 Å². The number of rotatable bonds is 10. The third-order valence-electron chi connectivity index (χ3n) is 3.66. The predicted molar refractivity (Wildman–Crippen MR) is 96.0 cm³/mol. The summed E-state index contributed by atoms with van der Waals surface area (Å²) in [5.41, 5.74) is 1.94. The Morgan fingerprint density at radius 1 is 1.00 bits per heavy atom. The van der Waals surface area contributed by atoms with Crippen LogP contribution in [0.5, 0.6) is 0 Å². The summed E-state index contributed by atoms with van der Waals surface area (Å²) in [7, 11) is 0. The molecule has 1 aliphatic carbocycles. The van der Waals surface area contributed by atoms with Gasteiger partial charge in [-0.05, 0) is 18.1 Å². The molecule has 6 nitrogen and oxygen atoms in total. The minimum atomic E-state index is -0.475. The van der Waals surface area contributed by atoms with Gasteiger partial charge in [-0.25, -0.2) is 9.59 Å². The first-order chi connectivity index (χ1) is 12.7. The Morgan fingerprint density at radius 3 is 2.35 bits per heavy atom. The van der Waals surface area contributed by atoms with E-state index in [1.165, 1.54) is 0 Å². The highest BCUT2D eigenvalue weighted by Gasteiger charge is 2.22. The fraction of sp³-hybridized carbons (Fsp3) is 0.300. The van der Waals surface area contributed by atoms with Gasteiger partial charge in [-0.1, -0.05) is 37.4 Å². The van der Waals surface area contributed by atoms with E-state index in [1.807, 2.05) is 30.3 Å². The molecule has 1 unspecified atom stereocenters. The monoisotopic (exact) mass is 358 g/mol. The molecule has 1 aromatic carbocycles. The molecule has 26 heavy (non-hydrogen) atoms. The van der Waals surface area contributed by atoms with Crippen molar-refractivity contribution in [1.82, 2.24) is 0 Å². The lowest BCUT2D eigenvalue weighted by Gasteiger charge is -2.25. The molecular formula is C20H22O6. The van der Waals surface area contributed by atoms with Gasteiger partial charge in [0, 0.05) is 17.7 Å². The maximum atomic E-state index is 11.0. The van der Waals surface area contributed by atoms with Gasteiger partial charge in [-0.3, -0.25) is 0 Å². The molecule has 0 saturated carbocycles. The molecule has 0 N–H and O–H groups in total. The third kappa shape index (κ3) is 5.60. The number of hydrogen-bond acceptors (Lipinski definition) is 6. The number of hydrogen-bond donors (Lipinski definition) is 0. The standard InChI is InChI=1S/C20H22O6/c1-3-19(21)25-13-11-23-17-9-10-18(16-8-6-5-7-15(16)17)24-12-14-26-20(22)4-2/h3-9,18H,1-2,10-14H2. The van der Waals surface area contributed by atoms with Gasteiger partial charge >= 0.3 is 11.9 Å². The molecule has 0 amide bonds. The second-order valence-corrected chi connectivity index (χ2v) is 5.34. The first-order valence-corrected chi connectivity index (χ1v) is 8.28. The van der Waals surface area contributed by atoms with Crippen LogP contribution < -0.4 is 0 Å². The van der Waals surface area contributed by atoms with E-state index < -0.39 is 11.9 Å². The van der Waals surface area contributed by atoms with E-state index in [2.05, 4.69) is 13.2 Å². The van der Waals surface area contributed by atoms with Gasteiger partial charge in [-0.2, -0.15) is 0 Å². The number of carbonyl (C=O) groups is 2. The zero-order valence-electron chi connectivity index (χ0n) is 14.5. The molecule has 0 saturated heterocycles. The van der Waals surface area contributed by atoms with Crippen LogP contribution in [0.15, 0.2) is 55.7 Å². The van der Waals surface area contributed by atoms with E-state index in [0.29, 0.717) is 13.0 Å². The van der Waals surface area contributed by atoms with Gasteiger partial charge in [-0.15, -0.1) is 0 Å². The summed E-state index contributed by atoms with van der Waals surface area (Å²) < 4.78 is 21.4. The number of benzene rings is 1. The van der Waals surface area contributed by atoms with Crippen molar-refractivity contribution in [3.05, 3.63) is 66.8 Å². The maximum Gasteiger partial charge on any atom is 0.330 e. The van der Waals surface area contributed by atoms with Crippen molar-refractivity contribution in [2.75, 3.05) is 26.4 Å². The van der Waals surface area contributed by atoms with E-state index in [-0.39, 0.29) is 25.9 Å². The summed E-state index contributed by atoms with van der Waals surface area (Å²) in [6, 6.07) is 7.78. The molecule has 0 aliphatic heterocycles. The van der Waals surface area contributed by atoms with E-state index in [4.69, 9.17) is 18.9 Å². The quantitative estimate of drug-likeness (QED) is 0.364. The first-order valence-electron chi connectivity index (χ1n) is 8.28. The Hall–Kier alpha value is -2.86. The Kier molecular flexibility index (Phi) is 7.64. The lowest BCUT2D eigenvalue weighted by Crippen LogP contribution is -2.16. The molecule has 0 aromatic heterocycles. The predicted octanol–water partition coefficient (Wildman–Crippen LogP) is 2.96. The Labute approximate surface area is 152 Å². The molecule has 1 atom stereocenters. The van der Waals surface area contributed by atoms with Crippen LogP contribution in [-0.2, 0) is 28.5 Å². The third-order valence-corrected chi connectivity index (χ3v) is 3.66. The van der Waals surface area contributed by atoms with Crippen LogP contribution in [0.2, 0.25) is 0 Å². The molecule has 0 fully saturated rings. The van der Waals surface area contributed by atoms with Gasteiger partial charge in [0.05, 0.1) is 12.7 Å². The molecule has 1 aliphatic rings. The molecule has 0 radical (unpaired) electrons. The highest BCUT2D eigenvalue weighted by Crippen LogP contribution is 2.35. The summed E-state index contributed by atoms with van der Waals surface area (Å²) >= 11 is 0. The molecule has 0 bridgehead atoms. The number of carbonyl (C=O) groups excluding carboxylic acids is 2. The summed E-state index contributed by atoms with van der Waals surface area (Å²) in [5, 5.41) is 0. The van der Waals surface area contributed by atoms with Gasteiger partial charge in [0.15, 0.2) is 0 Å². The topological polar surface area (TPSA) is 71.1 Å². The smallest absolute Gasteiger partial charge is 0.330 e. The van der Waals surface area contributed by atoms with Crippen LogP contribution in [0.4, 0.5) is 0 Å². The number of ether oxygens (including phenoxy) is 4. The van der Waals surface area contributed by atoms with Gasteiger partial charge in [0.2, 0.25) is 0 Å². The van der Waals surface area contributed by atoms with Crippen molar-refractivity contribution >= 4 is 17.7 Å². The van der Waals surface area contributed by atoms with Crippen LogP contribution in [0.1, 0.15) is 23.7 Å². The molecule has 0 spiro atoms. The van der Waals surface area contributed by atoms with E-state index in [0.717, 1.165) is 29.0 Å². The van der Waals surface area contributed by atoms with E-state index in [1.54, 1.807) is 0 Å². The molecule has 2 rings (SSSR count). The van der Waals surface area contributed by atoms with Gasteiger partial charge < -0.3 is 18.9 Å². The van der Waals surface area contributed by atoms with Crippen LogP contribution in [0.3, 0.4) is 0 Å². The zero-order chi connectivity index (χ0) is 18.8. The highest BCUT2D eigenvalue weighted by molar-refractivity contribution is 5.81. The van der Waals surface area contributed by atoms with Crippen molar-refractivity contribution in [3.8, 4) is 0 Å². The zero-order valence-corrected chi connectivity index (χ0v) is 14.5. The second-order valence-electron chi connectivity index (χ2n) is 5.34. The van der Waals surface area contributed by atoms with Crippen LogP contribution >= 0.6 is 0 Å². The Balaban J connectivity index is 1.89. The Morgan fingerprint density at radius 2 is 1.65 bits per heavy atom. The highest BCUT2D eigenvalue weighted by atomic mass is 16.6. The fourth-order valence-corrected chi connectivity index (χ4v) is 2.49. The number of esters is 2. The molecular weight excluding hydrogens is 336 g/mol. The lowest BCUT2D eigenvalue weighted by molar-refractivity contribution is -0.140. The second kappa shape index (κ2) is 10.2. The van der Waals surface area contributed by atoms with Crippen molar-refractivity contribution in [1.29, 1.82) is 0 Å². The minimum Gasteiger partial charge on any atom is -0.490 e. The Bertz CT molecular complexity index is 691. The van der Waals surface area contributed by atoms with E-state index in [9.17, 15) is 9.59 Å². The van der Waals surface area contributed by atoms with Crippen molar-refractivity contribution < 1.29 is 28.5 Å². The maximum absolute atomic E-state index is 11.0. The van der Waals surface area contributed by atoms with Crippen molar-refractivity contribution in [2.24, 2.45) is 0 Å². The minimum absolute atomic E-state index is 0.139.